The molecular formula is C25H28IN7O9. The first-order chi connectivity index (χ1) is 19.7. The number of pyridine rings is 1. The first-order valence-corrected chi connectivity index (χ1v) is 12.4. The lowest BCUT2D eigenvalue weighted by Crippen LogP contribution is -3.00. The number of rotatable bonds is 11. The first kappa shape index (κ1) is 32.3. The maximum absolute atomic E-state index is 12.5. The second kappa shape index (κ2) is 14.6. The predicted octanol–water partition coefficient (Wildman–Crippen LogP) is -3.65. The van der Waals surface area contributed by atoms with Crippen molar-refractivity contribution in [1.29, 1.82) is 0 Å². The van der Waals surface area contributed by atoms with Gasteiger partial charge in [0, 0.05) is 26.5 Å². The quantitative estimate of drug-likeness (QED) is 0.0658. The van der Waals surface area contributed by atoms with Gasteiger partial charge in [0.15, 0.2) is 47.8 Å². The van der Waals surface area contributed by atoms with Crippen LogP contribution in [-0.4, -0.2) is 81.2 Å². The lowest BCUT2D eigenvalue weighted by Gasteiger charge is -2.23. The summed E-state index contributed by atoms with van der Waals surface area (Å²) in [5.74, 6) is -2.21. The summed E-state index contributed by atoms with van der Waals surface area (Å²) >= 11 is 0. The number of amides is 2. The summed E-state index contributed by atoms with van der Waals surface area (Å²) in [6, 6.07) is 3.37. The van der Waals surface area contributed by atoms with Gasteiger partial charge >= 0.3 is 17.9 Å². The fourth-order valence-corrected chi connectivity index (χ4v) is 4.27. The molecule has 4 rings (SSSR count). The number of anilines is 1. The van der Waals surface area contributed by atoms with Gasteiger partial charge in [0.2, 0.25) is 6.41 Å². The standard InChI is InChI=1S/C25H27N7O9.HI/c1-14(34)39-20-17(10-38-18(36)6-7-26-24(37)16-5-4-8-31(3)9-16)41-25(21(20)40-15(2)35)32-12-29-19-22(30-13-33)27-11-28-23(19)32;/h4-5,8-9,11-13,17,20-21,25H,6-7,10H2,1-3H3,(H-,26,27,28,30,33,37);1H/t17-,20-,21+,25-;/m1./s1. The van der Waals surface area contributed by atoms with E-state index < -0.39 is 42.4 Å². The van der Waals surface area contributed by atoms with Crippen molar-refractivity contribution >= 4 is 47.2 Å². The van der Waals surface area contributed by atoms with Crippen LogP contribution in [-0.2, 0) is 45.2 Å². The highest BCUT2D eigenvalue weighted by atomic mass is 127. The first-order valence-electron chi connectivity index (χ1n) is 12.4. The minimum absolute atomic E-state index is 0. The molecule has 3 aromatic heterocycles. The van der Waals surface area contributed by atoms with Crippen molar-refractivity contribution in [1.82, 2.24) is 24.8 Å². The number of esters is 3. The fourth-order valence-electron chi connectivity index (χ4n) is 4.27. The summed E-state index contributed by atoms with van der Waals surface area (Å²) in [6.07, 6.45) is 1.80. The molecule has 2 N–H and O–H groups in total. The third-order valence-electron chi connectivity index (χ3n) is 5.94. The zero-order valence-corrected chi connectivity index (χ0v) is 24.9. The summed E-state index contributed by atoms with van der Waals surface area (Å²) < 4.78 is 25.5. The minimum Gasteiger partial charge on any atom is -1.00 e. The van der Waals surface area contributed by atoms with E-state index in [0.717, 1.165) is 0 Å². The lowest BCUT2D eigenvalue weighted by atomic mass is 10.1. The molecule has 0 unspecified atom stereocenters. The summed E-state index contributed by atoms with van der Waals surface area (Å²) in [4.78, 5) is 72.0. The number of hydrogen-bond donors (Lipinski definition) is 2. The zero-order valence-electron chi connectivity index (χ0n) is 22.8. The third kappa shape index (κ3) is 7.72. The lowest BCUT2D eigenvalue weighted by molar-refractivity contribution is -0.671. The number of hydrogen-bond acceptors (Lipinski definition) is 12. The molecule has 42 heavy (non-hydrogen) atoms. The number of carbonyl (C=O) groups excluding carboxylic acids is 5. The molecule has 0 aromatic carbocycles. The molecule has 224 valence electrons. The molecule has 4 atom stereocenters. The Bertz CT molecular complexity index is 1470. The number of carbonyl (C=O) groups is 5. The maximum Gasteiger partial charge on any atom is 0.307 e. The van der Waals surface area contributed by atoms with Crippen LogP contribution in [0.15, 0.2) is 37.2 Å². The molecule has 3 aromatic rings. The molecule has 1 saturated heterocycles. The van der Waals surface area contributed by atoms with Crippen molar-refractivity contribution in [2.24, 2.45) is 7.05 Å². The van der Waals surface area contributed by atoms with Crippen molar-refractivity contribution < 1.29 is 71.5 Å². The highest BCUT2D eigenvalue weighted by Crippen LogP contribution is 2.36. The van der Waals surface area contributed by atoms with Crippen molar-refractivity contribution in [2.45, 2.75) is 44.8 Å². The van der Waals surface area contributed by atoms with E-state index in [9.17, 15) is 24.0 Å². The maximum atomic E-state index is 12.5. The fraction of sp³-hybridized carbons (Fsp3) is 0.400. The Kier molecular flexibility index (Phi) is 11.2. The van der Waals surface area contributed by atoms with E-state index in [1.54, 1.807) is 36.1 Å². The Labute approximate surface area is 256 Å². The molecule has 0 bridgehead atoms. The second-order valence-electron chi connectivity index (χ2n) is 8.97. The van der Waals surface area contributed by atoms with E-state index in [2.05, 4.69) is 25.6 Å². The Balaban J connectivity index is 0.00000484. The van der Waals surface area contributed by atoms with Crippen LogP contribution in [0.5, 0.6) is 0 Å². The van der Waals surface area contributed by atoms with Gasteiger partial charge in [-0.2, -0.15) is 0 Å². The van der Waals surface area contributed by atoms with E-state index in [1.807, 2.05) is 0 Å². The van der Waals surface area contributed by atoms with Crippen LogP contribution in [0.2, 0.25) is 0 Å². The Morgan fingerprint density at radius 1 is 1.12 bits per heavy atom. The predicted molar refractivity (Wildman–Crippen MR) is 136 cm³/mol. The largest absolute Gasteiger partial charge is 1.00 e. The van der Waals surface area contributed by atoms with E-state index in [1.165, 1.54) is 31.1 Å². The molecular weight excluding hydrogens is 669 g/mol. The number of aromatic nitrogens is 5. The van der Waals surface area contributed by atoms with Crippen LogP contribution in [0, 0.1) is 0 Å². The van der Waals surface area contributed by atoms with E-state index in [-0.39, 0.29) is 66.4 Å². The van der Waals surface area contributed by atoms with Gasteiger partial charge in [-0.15, -0.1) is 0 Å². The van der Waals surface area contributed by atoms with Gasteiger partial charge in [-0.05, 0) is 6.07 Å². The molecule has 1 fully saturated rings. The van der Waals surface area contributed by atoms with Crippen LogP contribution in [0.25, 0.3) is 11.2 Å². The summed E-state index contributed by atoms with van der Waals surface area (Å²) in [6.45, 7) is 2.02. The number of fused-ring (bicyclic) bond motifs is 1. The number of halogens is 1. The van der Waals surface area contributed by atoms with Crippen LogP contribution in [0.4, 0.5) is 5.82 Å². The van der Waals surface area contributed by atoms with E-state index in [4.69, 9.17) is 18.9 Å². The number of aryl methyl sites for hydroxylation is 1. The van der Waals surface area contributed by atoms with Gasteiger partial charge in [-0.1, -0.05) is 0 Å². The topological polar surface area (TPSA) is 194 Å². The highest BCUT2D eigenvalue weighted by Gasteiger charge is 2.51. The smallest absolute Gasteiger partial charge is 0.307 e. The SMILES string of the molecule is CC(=O)O[C@H]1[C@H](OC(C)=O)[C@@H](COC(=O)CCNC(=O)c2ccc[n+](C)c2)O[C@H]1n1cnc2c(NC=O)ncnc21.[I-]. The monoisotopic (exact) mass is 697 g/mol. The van der Waals surface area contributed by atoms with Gasteiger partial charge < -0.3 is 53.6 Å². The molecule has 4 heterocycles. The molecule has 0 saturated carbocycles. The normalized spacial score (nSPS) is 19.3. The average molecular weight is 697 g/mol. The van der Waals surface area contributed by atoms with Crippen molar-refractivity contribution in [2.75, 3.05) is 18.5 Å². The Morgan fingerprint density at radius 2 is 1.86 bits per heavy atom. The van der Waals surface area contributed by atoms with Crippen molar-refractivity contribution in [3.63, 3.8) is 0 Å². The summed E-state index contributed by atoms with van der Waals surface area (Å²) in [5.41, 5.74) is 0.893. The second-order valence-corrected chi connectivity index (χ2v) is 8.97. The number of nitrogens with one attached hydrogen (secondary N) is 2. The Morgan fingerprint density at radius 3 is 2.55 bits per heavy atom. The van der Waals surface area contributed by atoms with Crippen LogP contribution in [0.3, 0.4) is 0 Å². The van der Waals surface area contributed by atoms with Crippen molar-refractivity contribution in [3.05, 3.63) is 42.7 Å². The van der Waals surface area contributed by atoms with E-state index >= 15 is 0 Å². The molecule has 1 aliphatic rings. The highest BCUT2D eigenvalue weighted by molar-refractivity contribution is 5.93. The minimum atomic E-state index is -1.17. The van der Waals surface area contributed by atoms with Crippen LogP contribution >= 0.6 is 0 Å². The van der Waals surface area contributed by atoms with Gasteiger partial charge in [0.1, 0.15) is 31.6 Å². The van der Waals surface area contributed by atoms with Gasteiger partial charge in [-0.3, -0.25) is 28.5 Å². The molecule has 0 spiro atoms. The molecule has 1 aliphatic heterocycles. The van der Waals surface area contributed by atoms with Crippen molar-refractivity contribution in [3.8, 4) is 0 Å². The molecule has 2 amide bonds. The number of nitrogens with zero attached hydrogens (tertiary/aromatic N) is 5. The summed E-state index contributed by atoms with van der Waals surface area (Å²) in [5, 5.41) is 5.07. The number of imidazole rings is 1. The van der Waals surface area contributed by atoms with Crippen LogP contribution in [0.1, 0.15) is 36.9 Å². The zero-order chi connectivity index (χ0) is 29.5. The molecule has 16 nitrogen and oxygen atoms in total. The van der Waals surface area contributed by atoms with Gasteiger partial charge in [-0.25, -0.2) is 19.5 Å². The third-order valence-corrected chi connectivity index (χ3v) is 5.94. The van der Waals surface area contributed by atoms with Gasteiger partial charge in [0.05, 0.1) is 12.7 Å². The Hall–Kier alpha value is -4.26. The van der Waals surface area contributed by atoms with Crippen LogP contribution < -0.4 is 39.2 Å². The molecule has 0 aliphatic carbocycles. The van der Waals surface area contributed by atoms with Gasteiger partial charge in [0.25, 0.3) is 5.91 Å². The number of ether oxygens (including phenoxy) is 4. The average Bonchev–Trinajstić information content (AvgIpc) is 3.49. The molecule has 0 radical (unpaired) electrons. The molecule has 17 heteroatoms. The van der Waals surface area contributed by atoms with E-state index in [0.29, 0.717) is 12.0 Å². The summed E-state index contributed by atoms with van der Waals surface area (Å²) in [7, 11) is 1.78.